The van der Waals surface area contributed by atoms with Crippen LogP contribution in [0.5, 0.6) is 11.5 Å². The van der Waals surface area contributed by atoms with Crippen molar-refractivity contribution < 1.29 is 9.47 Å². The van der Waals surface area contributed by atoms with E-state index in [2.05, 4.69) is 36.2 Å². The normalized spacial score (nSPS) is 20.1. The van der Waals surface area contributed by atoms with Crippen LogP contribution in [0.15, 0.2) is 18.2 Å². The summed E-state index contributed by atoms with van der Waals surface area (Å²) >= 11 is 0. The van der Waals surface area contributed by atoms with Crippen molar-refractivity contribution in [1.29, 1.82) is 0 Å². The van der Waals surface area contributed by atoms with Crippen LogP contribution in [0.4, 0.5) is 0 Å². The van der Waals surface area contributed by atoms with Crippen LogP contribution in [-0.4, -0.2) is 43.3 Å². The van der Waals surface area contributed by atoms with Gasteiger partial charge in [-0.25, -0.2) is 0 Å². The van der Waals surface area contributed by atoms with Crippen LogP contribution in [0.3, 0.4) is 0 Å². The summed E-state index contributed by atoms with van der Waals surface area (Å²) in [5.41, 5.74) is 1.21. The first-order valence-corrected chi connectivity index (χ1v) is 8.59. The molecule has 0 spiro atoms. The van der Waals surface area contributed by atoms with Gasteiger partial charge >= 0.3 is 0 Å². The predicted molar refractivity (Wildman–Crippen MR) is 88.6 cm³/mol. The first-order valence-electron chi connectivity index (χ1n) is 8.59. The van der Waals surface area contributed by atoms with E-state index >= 15 is 0 Å². The average Bonchev–Trinajstić information content (AvgIpc) is 2.79. The molecule has 0 bridgehead atoms. The average molecular weight is 304 g/mol. The lowest BCUT2D eigenvalue weighted by Gasteiger charge is -2.35. The van der Waals surface area contributed by atoms with Gasteiger partial charge in [0.15, 0.2) is 11.5 Å². The Morgan fingerprint density at radius 3 is 2.73 bits per heavy atom. The number of benzene rings is 1. The van der Waals surface area contributed by atoms with E-state index in [4.69, 9.17) is 9.47 Å². The molecular formula is C18H28N2O2. The monoisotopic (exact) mass is 304 g/mol. The molecule has 0 atom stereocenters. The van der Waals surface area contributed by atoms with Gasteiger partial charge in [0.05, 0.1) is 13.2 Å². The molecule has 1 saturated heterocycles. The molecule has 2 heterocycles. The maximum Gasteiger partial charge on any atom is 0.165 e. The molecule has 0 aliphatic carbocycles. The first kappa shape index (κ1) is 15.6. The number of nitrogens with one attached hydrogen (secondary N) is 1. The van der Waals surface area contributed by atoms with E-state index in [-0.39, 0.29) is 0 Å². The van der Waals surface area contributed by atoms with Crippen LogP contribution in [0.25, 0.3) is 0 Å². The van der Waals surface area contributed by atoms with Gasteiger partial charge in [-0.15, -0.1) is 0 Å². The molecule has 4 heteroatoms. The topological polar surface area (TPSA) is 33.7 Å². The highest BCUT2D eigenvalue weighted by Gasteiger charge is 2.21. The van der Waals surface area contributed by atoms with E-state index < -0.39 is 0 Å². The van der Waals surface area contributed by atoms with Crippen LogP contribution < -0.4 is 14.8 Å². The lowest BCUT2D eigenvalue weighted by Crippen LogP contribution is -2.44. The van der Waals surface area contributed by atoms with E-state index in [1.54, 1.807) is 0 Å². The van der Waals surface area contributed by atoms with Crippen molar-refractivity contribution in [3.63, 3.8) is 0 Å². The summed E-state index contributed by atoms with van der Waals surface area (Å²) in [4.78, 5) is 2.56. The number of hydrogen-bond donors (Lipinski definition) is 1. The van der Waals surface area contributed by atoms with Gasteiger partial charge in [0, 0.05) is 30.6 Å². The van der Waals surface area contributed by atoms with E-state index in [1.165, 1.54) is 31.5 Å². The van der Waals surface area contributed by atoms with E-state index in [1.807, 2.05) is 6.07 Å². The molecule has 0 saturated carbocycles. The summed E-state index contributed by atoms with van der Waals surface area (Å²) in [6.45, 7) is 9.31. The number of rotatable bonds is 4. The Balaban J connectivity index is 1.56. The summed E-state index contributed by atoms with van der Waals surface area (Å²) in [7, 11) is 0. The third kappa shape index (κ3) is 3.73. The van der Waals surface area contributed by atoms with Gasteiger partial charge in [-0.1, -0.05) is 12.1 Å². The lowest BCUT2D eigenvalue weighted by molar-refractivity contribution is 0.160. The van der Waals surface area contributed by atoms with Gasteiger partial charge in [0.1, 0.15) is 0 Å². The van der Waals surface area contributed by atoms with E-state index in [0.29, 0.717) is 12.1 Å². The Bertz CT molecular complexity index is 482. The third-order valence-corrected chi connectivity index (χ3v) is 4.69. The molecule has 122 valence electrons. The molecule has 1 fully saturated rings. The maximum absolute atomic E-state index is 5.89. The second-order valence-electron chi connectivity index (χ2n) is 6.58. The van der Waals surface area contributed by atoms with Crippen molar-refractivity contribution in [3.05, 3.63) is 23.8 Å². The van der Waals surface area contributed by atoms with Crippen molar-refractivity contribution in [2.24, 2.45) is 0 Å². The van der Waals surface area contributed by atoms with Crippen molar-refractivity contribution in [2.45, 2.75) is 51.7 Å². The number of nitrogens with zero attached hydrogens (tertiary/aromatic N) is 1. The van der Waals surface area contributed by atoms with Gasteiger partial charge in [-0.05, 0) is 45.8 Å². The number of hydrogen-bond acceptors (Lipinski definition) is 4. The SMILES string of the molecule is CC(C)N1CCC(NCc2cccc3c2OCCCO3)CC1. The first-order chi connectivity index (χ1) is 10.7. The van der Waals surface area contributed by atoms with Crippen molar-refractivity contribution in [3.8, 4) is 11.5 Å². The lowest BCUT2D eigenvalue weighted by atomic mass is 10.0. The number of fused-ring (bicyclic) bond motifs is 1. The van der Waals surface area contributed by atoms with Gasteiger partial charge in [-0.2, -0.15) is 0 Å². The molecule has 1 aromatic carbocycles. The van der Waals surface area contributed by atoms with Gasteiger partial charge in [0.25, 0.3) is 0 Å². The van der Waals surface area contributed by atoms with Crippen molar-refractivity contribution >= 4 is 0 Å². The number of para-hydroxylation sites is 1. The molecule has 0 amide bonds. The molecule has 2 aliphatic heterocycles. The summed E-state index contributed by atoms with van der Waals surface area (Å²) in [6.07, 6.45) is 3.41. The van der Waals surface area contributed by atoms with Crippen LogP contribution in [0.1, 0.15) is 38.7 Å². The van der Waals surface area contributed by atoms with Gasteiger partial charge in [-0.3, -0.25) is 0 Å². The Labute approximate surface area is 133 Å². The smallest absolute Gasteiger partial charge is 0.165 e. The van der Waals surface area contributed by atoms with Crippen LogP contribution >= 0.6 is 0 Å². The number of piperidine rings is 1. The zero-order chi connectivity index (χ0) is 15.4. The summed E-state index contributed by atoms with van der Waals surface area (Å²) in [5.74, 6) is 1.83. The second-order valence-corrected chi connectivity index (χ2v) is 6.58. The van der Waals surface area contributed by atoms with Gasteiger partial charge in [0.2, 0.25) is 0 Å². The molecule has 3 rings (SSSR count). The summed E-state index contributed by atoms with van der Waals surface area (Å²) in [5, 5.41) is 3.71. The van der Waals surface area contributed by atoms with Crippen LogP contribution in [0, 0.1) is 0 Å². The highest BCUT2D eigenvalue weighted by molar-refractivity contribution is 5.47. The minimum atomic E-state index is 0.609. The molecule has 4 nitrogen and oxygen atoms in total. The minimum Gasteiger partial charge on any atom is -0.490 e. The Hall–Kier alpha value is -1.26. The molecule has 22 heavy (non-hydrogen) atoms. The molecular weight excluding hydrogens is 276 g/mol. The van der Waals surface area contributed by atoms with Gasteiger partial charge < -0.3 is 19.7 Å². The van der Waals surface area contributed by atoms with Crippen LogP contribution in [0.2, 0.25) is 0 Å². The van der Waals surface area contributed by atoms with E-state index in [9.17, 15) is 0 Å². The zero-order valence-electron chi connectivity index (χ0n) is 13.8. The zero-order valence-corrected chi connectivity index (χ0v) is 13.8. The number of likely N-dealkylation sites (tertiary alicyclic amines) is 1. The molecule has 0 aromatic heterocycles. The fourth-order valence-corrected chi connectivity index (χ4v) is 3.27. The predicted octanol–water partition coefficient (Wildman–Crippen LogP) is 2.81. The van der Waals surface area contributed by atoms with E-state index in [0.717, 1.165) is 37.7 Å². The van der Waals surface area contributed by atoms with Crippen LogP contribution in [-0.2, 0) is 6.54 Å². The number of ether oxygens (including phenoxy) is 2. The molecule has 0 radical (unpaired) electrons. The fraction of sp³-hybridized carbons (Fsp3) is 0.667. The fourth-order valence-electron chi connectivity index (χ4n) is 3.27. The van der Waals surface area contributed by atoms with Crippen molar-refractivity contribution in [2.75, 3.05) is 26.3 Å². The quantitative estimate of drug-likeness (QED) is 0.927. The Morgan fingerprint density at radius 1 is 1.18 bits per heavy atom. The minimum absolute atomic E-state index is 0.609. The largest absolute Gasteiger partial charge is 0.490 e. The Morgan fingerprint density at radius 2 is 1.95 bits per heavy atom. The van der Waals surface area contributed by atoms with Crippen molar-refractivity contribution in [1.82, 2.24) is 10.2 Å². The summed E-state index contributed by atoms with van der Waals surface area (Å²) in [6, 6.07) is 7.48. The maximum atomic E-state index is 5.89. The molecule has 2 aliphatic rings. The highest BCUT2D eigenvalue weighted by atomic mass is 16.5. The highest BCUT2D eigenvalue weighted by Crippen LogP contribution is 2.33. The molecule has 1 N–H and O–H groups in total. The molecule has 1 aromatic rings. The summed E-state index contributed by atoms with van der Waals surface area (Å²) < 4.78 is 11.7. The second kappa shape index (κ2) is 7.34. The standard InChI is InChI=1S/C18H28N2O2/c1-14(2)20-9-7-16(8-10-20)19-13-15-5-3-6-17-18(15)22-12-4-11-21-17/h3,5-6,14,16,19H,4,7-13H2,1-2H3. The molecule has 0 unspecified atom stereocenters. The Kier molecular flexibility index (Phi) is 5.21. The third-order valence-electron chi connectivity index (χ3n) is 4.69.